The first-order chi connectivity index (χ1) is 7.76. The first-order valence-electron chi connectivity index (χ1n) is 6.06. The van der Waals surface area contributed by atoms with Gasteiger partial charge in [-0.3, -0.25) is 4.79 Å². The quantitative estimate of drug-likeness (QED) is 0.495. The van der Waals surface area contributed by atoms with Crippen LogP contribution in [0.4, 0.5) is 0 Å². The third kappa shape index (κ3) is 4.94. The summed E-state index contributed by atoms with van der Waals surface area (Å²) in [4.78, 5) is 11.4. The van der Waals surface area contributed by atoms with Crippen LogP contribution < -0.4 is 0 Å². The molecule has 0 bridgehead atoms. The van der Waals surface area contributed by atoms with Gasteiger partial charge in [0.05, 0.1) is 19.3 Å². The minimum Gasteiger partial charge on any atom is -0.460 e. The third-order valence-electron chi connectivity index (χ3n) is 2.68. The Balaban J connectivity index is 2.11. The lowest BCUT2D eigenvalue weighted by molar-refractivity contribution is -0.149. The molecule has 1 heterocycles. The molecule has 0 N–H and O–H groups in total. The van der Waals surface area contributed by atoms with E-state index in [1.54, 1.807) is 7.11 Å². The number of carbonyl (C=O) groups is 1. The minimum atomic E-state index is -0.0971. The molecule has 0 amide bonds. The Morgan fingerprint density at radius 3 is 2.94 bits per heavy atom. The maximum atomic E-state index is 11.4. The molecule has 2 atom stereocenters. The minimum absolute atomic E-state index is 0.0747. The Morgan fingerprint density at radius 2 is 2.25 bits per heavy atom. The highest BCUT2D eigenvalue weighted by Gasteiger charge is 2.27. The van der Waals surface area contributed by atoms with Gasteiger partial charge in [-0.25, -0.2) is 0 Å². The fourth-order valence-corrected chi connectivity index (χ4v) is 1.82. The van der Waals surface area contributed by atoms with Gasteiger partial charge in [0.2, 0.25) is 0 Å². The van der Waals surface area contributed by atoms with Gasteiger partial charge in [-0.2, -0.15) is 0 Å². The summed E-state index contributed by atoms with van der Waals surface area (Å²) >= 11 is 0. The van der Waals surface area contributed by atoms with Gasteiger partial charge in [0.1, 0.15) is 6.10 Å². The maximum absolute atomic E-state index is 11.4. The molecular formula is C12H22O4. The number of esters is 1. The van der Waals surface area contributed by atoms with Crippen LogP contribution in [0.1, 0.15) is 39.0 Å². The molecular weight excluding hydrogens is 208 g/mol. The van der Waals surface area contributed by atoms with E-state index in [4.69, 9.17) is 14.2 Å². The van der Waals surface area contributed by atoms with Crippen LogP contribution >= 0.6 is 0 Å². The first-order valence-corrected chi connectivity index (χ1v) is 6.06. The average molecular weight is 230 g/mol. The van der Waals surface area contributed by atoms with E-state index in [-0.39, 0.29) is 18.2 Å². The highest BCUT2D eigenvalue weighted by molar-refractivity contribution is 5.69. The normalized spacial score (nSPS) is 24.6. The largest absolute Gasteiger partial charge is 0.460 e. The van der Waals surface area contributed by atoms with E-state index in [1.165, 1.54) is 0 Å². The standard InChI is InChI=1S/C12H22O4/c1-3-4-5-6-12(13)16-11-7-10(8-14-2)15-9-11/h10-11H,3-9H2,1-2H3. The van der Waals surface area contributed by atoms with Crippen LogP contribution in [0.5, 0.6) is 0 Å². The van der Waals surface area contributed by atoms with Gasteiger partial charge in [0, 0.05) is 20.0 Å². The van der Waals surface area contributed by atoms with Crippen LogP contribution in [0, 0.1) is 0 Å². The van der Waals surface area contributed by atoms with Gasteiger partial charge >= 0.3 is 5.97 Å². The summed E-state index contributed by atoms with van der Waals surface area (Å²) in [5.41, 5.74) is 0. The number of rotatable bonds is 7. The first kappa shape index (κ1) is 13.5. The van der Waals surface area contributed by atoms with Crippen molar-refractivity contribution in [1.82, 2.24) is 0 Å². The van der Waals surface area contributed by atoms with Crippen molar-refractivity contribution >= 4 is 5.97 Å². The Morgan fingerprint density at radius 1 is 1.44 bits per heavy atom. The molecule has 1 rings (SSSR count). The maximum Gasteiger partial charge on any atom is 0.306 e. The number of methoxy groups -OCH3 is 1. The SMILES string of the molecule is CCCCCC(=O)OC1COC(COC)C1. The summed E-state index contributed by atoms with van der Waals surface area (Å²) in [6.45, 7) is 3.20. The van der Waals surface area contributed by atoms with Crippen molar-refractivity contribution in [1.29, 1.82) is 0 Å². The van der Waals surface area contributed by atoms with E-state index in [0.717, 1.165) is 25.7 Å². The summed E-state index contributed by atoms with van der Waals surface area (Å²) in [6, 6.07) is 0. The summed E-state index contributed by atoms with van der Waals surface area (Å²) in [7, 11) is 1.65. The number of hydrogen-bond donors (Lipinski definition) is 0. The molecule has 0 spiro atoms. The molecule has 0 radical (unpaired) electrons. The predicted molar refractivity (Wildman–Crippen MR) is 60.3 cm³/mol. The van der Waals surface area contributed by atoms with Crippen LogP contribution in [0.3, 0.4) is 0 Å². The second kappa shape index (κ2) is 7.63. The molecule has 16 heavy (non-hydrogen) atoms. The van der Waals surface area contributed by atoms with Crippen molar-refractivity contribution in [2.45, 2.75) is 51.2 Å². The van der Waals surface area contributed by atoms with E-state index in [9.17, 15) is 4.79 Å². The van der Waals surface area contributed by atoms with Crippen LogP contribution in [0.15, 0.2) is 0 Å². The molecule has 0 saturated carbocycles. The van der Waals surface area contributed by atoms with Gasteiger partial charge in [0.25, 0.3) is 0 Å². The molecule has 94 valence electrons. The van der Waals surface area contributed by atoms with Gasteiger partial charge in [-0.05, 0) is 6.42 Å². The number of unbranched alkanes of at least 4 members (excludes halogenated alkanes) is 2. The zero-order chi connectivity index (χ0) is 11.8. The van der Waals surface area contributed by atoms with Crippen molar-refractivity contribution in [3.05, 3.63) is 0 Å². The Labute approximate surface area is 97.2 Å². The number of hydrogen-bond acceptors (Lipinski definition) is 4. The fourth-order valence-electron chi connectivity index (χ4n) is 1.82. The van der Waals surface area contributed by atoms with Gasteiger partial charge in [-0.15, -0.1) is 0 Å². The van der Waals surface area contributed by atoms with Gasteiger partial charge in [0.15, 0.2) is 0 Å². The van der Waals surface area contributed by atoms with E-state index >= 15 is 0 Å². The predicted octanol–water partition coefficient (Wildman–Crippen LogP) is 1.91. The molecule has 1 fully saturated rings. The zero-order valence-corrected chi connectivity index (χ0v) is 10.2. The number of carbonyl (C=O) groups excluding carboxylic acids is 1. The smallest absolute Gasteiger partial charge is 0.306 e. The molecule has 0 aromatic carbocycles. The molecule has 0 aliphatic carbocycles. The van der Waals surface area contributed by atoms with E-state index in [0.29, 0.717) is 19.6 Å². The number of ether oxygens (including phenoxy) is 3. The molecule has 4 nitrogen and oxygen atoms in total. The Bertz CT molecular complexity index is 205. The average Bonchev–Trinajstić information content (AvgIpc) is 2.66. The molecule has 0 aromatic heterocycles. The highest BCUT2D eigenvalue weighted by atomic mass is 16.6. The fraction of sp³-hybridized carbons (Fsp3) is 0.917. The van der Waals surface area contributed by atoms with Crippen molar-refractivity contribution in [2.24, 2.45) is 0 Å². The summed E-state index contributed by atoms with van der Waals surface area (Å²) in [5.74, 6) is -0.0971. The molecule has 4 heteroatoms. The highest BCUT2D eigenvalue weighted by Crippen LogP contribution is 2.17. The van der Waals surface area contributed by atoms with Crippen LogP contribution in [-0.4, -0.2) is 38.5 Å². The third-order valence-corrected chi connectivity index (χ3v) is 2.68. The van der Waals surface area contributed by atoms with E-state index in [1.807, 2.05) is 0 Å². The molecule has 2 unspecified atom stereocenters. The lowest BCUT2D eigenvalue weighted by Crippen LogP contribution is -2.19. The van der Waals surface area contributed by atoms with Gasteiger partial charge in [-0.1, -0.05) is 19.8 Å². The van der Waals surface area contributed by atoms with Crippen molar-refractivity contribution in [2.75, 3.05) is 20.3 Å². The summed E-state index contributed by atoms with van der Waals surface area (Å²) in [5, 5.41) is 0. The Hall–Kier alpha value is -0.610. The zero-order valence-electron chi connectivity index (χ0n) is 10.2. The molecule has 0 aromatic rings. The van der Waals surface area contributed by atoms with E-state index < -0.39 is 0 Å². The summed E-state index contributed by atoms with van der Waals surface area (Å²) < 4.78 is 15.7. The van der Waals surface area contributed by atoms with Crippen molar-refractivity contribution < 1.29 is 19.0 Å². The van der Waals surface area contributed by atoms with Crippen LogP contribution in [-0.2, 0) is 19.0 Å². The molecule has 1 aliphatic heterocycles. The van der Waals surface area contributed by atoms with Crippen LogP contribution in [0.25, 0.3) is 0 Å². The lowest BCUT2D eigenvalue weighted by Gasteiger charge is -2.10. The lowest BCUT2D eigenvalue weighted by atomic mass is 10.2. The summed E-state index contributed by atoms with van der Waals surface area (Å²) in [6.07, 6.45) is 4.42. The van der Waals surface area contributed by atoms with E-state index in [2.05, 4.69) is 6.92 Å². The molecule has 1 aliphatic rings. The van der Waals surface area contributed by atoms with Crippen molar-refractivity contribution in [3.63, 3.8) is 0 Å². The van der Waals surface area contributed by atoms with Crippen LogP contribution in [0.2, 0.25) is 0 Å². The second-order valence-electron chi connectivity index (χ2n) is 4.22. The van der Waals surface area contributed by atoms with Crippen molar-refractivity contribution in [3.8, 4) is 0 Å². The van der Waals surface area contributed by atoms with Gasteiger partial charge < -0.3 is 14.2 Å². The second-order valence-corrected chi connectivity index (χ2v) is 4.22. The Kier molecular flexibility index (Phi) is 6.42. The topological polar surface area (TPSA) is 44.8 Å². The monoisotopic (exact) mass is 230 g/mol. The molecule has 1 saturated heterocycles.